The van der Waals surface area contributed by atoms with E-state index in [2.05, 4.69) is 0 Å². The third-order valence-corrected chi connectivity index (χ3v) is 2.38. The lowest BCUT2D eigenvalue weighted by molar-refractivity contribution is -0.143. The molecule has 18 heavy (non-hydrogen) atoms. The Morgan fingerprint density at radius 1 is 1.28 bits per heavy atom. The molecule has 1 aromatic rings. The Balaban J connectivity index is 2.56. The number of rotatable bonds is 6. The number of hydrogen-bond acceptors (Lipinski definition) is 3. The molecule has 0 radical (unpaired) electrons. The summed E-state index contributed by atoms with van der Waals surface area (Å²) in [6.07, 6.45) is -0.479. The average molecular weight is 251 g/mol. The zero-order chi connectivity index (χ0) is 13.5. The van der Waals surface area contributed by atoms with Crippen LogP contribution in [0.3, 0.4) is 0 Å². The zero-order valence-corrected chi connectivity index (χ0v) is 10.5. The lowest BCUT2D eigenvalue weighted by atomic mass is 10.2. The van der Waals surface area contributed by atoms with Crippen LogP contribution in [0.1, 0.15) is 18.9 Å². The first-order valence-electron chi connectivity index (χ1n) is 5.70. The molecule has 0 unspecified atom stereocenters. The van der Waals surface area contributed by atoms with Crippen molar-refractivity contribution in [2.24, 2.45) is 0 Å². The van der Waals surface area contributed by atoms with E-state index in [9.17, 15) is 9.59 Å². The van der Waals surface area contributed by atoms with Crippen molar-refractivity contribution in [1.29, 1.82) is 0 Å². The third kappa shape index (κ3) is 4.45. The van der Waals surface area contributed by atoms with E-state index in [1.807, 2.05) is 31.2 Å². The molecule has 0 saturated carbocycles. The second-order valence-corrected chi connectivity index (χ2v) is 3.90. The summed E-state index contributed by atoms with van der Waals surface area (Å²) < 4.78 is 5.31. The second-order valence-electron chi connectivity index (χ2n) is 3.90. The molecule has 0 aromatic heterocycles. The predicted octanol–water partition coefficient (Wildman–Crippen LogP) is 1.52. The van der Waals surface area contributed by atoms with Crippen LogP contribution in [-0.2, 0) is 16.1 Å². The van der Waals surface area contributed by atoms with Crippen molar-refractivity contribution in [2.75, 3.05) is 13.7 Å². The zero-order valence-electron chi connectivity index (χ0n) is 10.5. The summed E-state index contributed by atoms with van der Waals surface area (Å²) in [6, 6.07) is 7.37. The van der Waals surface area contributed by atoms with Crippen molar-refractivity contribution in [3.05, 3.63) is 29.8 Å². The Morgan fingerprint density at radius 2 is 1.89 bits per heavy atom. The van der Waals surface area contributed by atoms with Gasteiger partial charge in [0.15, 0.2) is 0 Å². The number of nitrogens with zero attached hydrogens (tertiary/aromatic N) is 1. The number of ether oxygens (including phenoxy) is 1. The molecule has 1 rings (SSSR count). The molecule has 0 bridgehead atoms. The highest BCUT2D eigenvalue weighted by atomic mass is 16.5. The van der Waals surface area contributed by atoms with E-state index in [-0.39, 0.29) is 0 Å². The molecule has 0 fully saturated rings. The molecule has 0 saturated heterocycles. The van der Waals surface area contributed by atoms with Gasteiger partial charge >= 0.3 is 5.97 Å². The topological polar surface area (TPSA) is 66.8 Å². The Morgan fingerprint density at radius 3 is 2.39 bits per heavy atom. The van der Waals surface area contributed by atoms with Crippen LogP contribution < -0.4 is 4.74 Å². The fourth-order valence-electron chi connectivity index (χ4n) is 1.48. The fourth-order valence-corrected chi connectivity index (χ4v) is 1.48. The third-order valence-electron chi connectivity index (χ3n) is 2.38. The Labute approximate surface area is 106 Å². The molecular formula is C13H17NO4. The summed E-state index contributed by atoms with van der Waals surface area (Å²) in [5.41, 5.74) is 0.930. The SMILES string of the molecule is CCOc1ccc(CN(C)C(=O)CC(=O)O)cc1. The second kappa shape index (κ2) is 6.64. The first kappa shape index (κ1) is 14.0. The molecule has 0 aliphatic rings. The maximum absolute atomic E-state index is 11.4. The van der Waals surface area contributed by atoms with Crippen LogP contribution in [0.25, 0.3) is 0 Å². The van der Waals surface area contributed by atoms with Gasteiger partial charge in [-0.25, -0.2) is 0 Å². The summed E-state index contributed by atoms with van der Waals surface area (Å²) in [4.78, 5) is 23.3. The Hall–Kier alpha value is -2.04. The number of carbonyl (C=O) groups is 2. The summed E-state index contributed by atoms with van der Waals surface area (Å²) in [7, 11) is 1.59. The van der Waals surface area contributed by atoms with Gasteiger partial charge in [0, 0.05) is 13.6 Å². The normalized spacial score (nSPS) is 9.89. The number of carboxylic acid groups (broad SMARTS) is 1. The fraction of sp³-hybridized carbons (Fsp3) is 0.385. The van der Waals surface area contributed by atoms with Crippen LogP contribution in [-0.4, -0.2) is 35.5 Å². The van der Waals surface area contributed by atoms with Crippen LogP contribution in [0, 0.1) is 0 Å². The van der Waals surface area contributed by atoms with Gasteiger partial charge in [0.25, 0.3) is 0 Å². The molecule has 0 atom stereocenters. The highest BCUT2D eigenvalue weighted by Gasteiger charge is 2.13. The van der Waals surface area contributed by atoms with Gasteiger partial charge < -0.3 is 14.7 Å². The number of hydrogen-bond donors (Lipinski definition) is 1. The van der Waals surface area contributed by atoms with Gasteiger partial charge in [0.1, 0.15) is 12.2 Å². The van der Waals surface area contributed by atoms with Crippen molar-refractivity contribution >= 4 is 11.9 Å². The molecule has 98 valence electrons. The molecule has 0 spiro atoms. The quantitative estimate of drug-likeness (QED) is 0.778. The Kier molecular flexibility index (Phi) is 5.17. The van der Waals surface area contributed by atoms with E-state index < -0.39 is 18.3 Å². The van der Waals surface area contributed by atoms with E-state index in [0.717, 1.165) is 11.3 Å². The molecule has 0 aliphatic heterocycles. The summed E-state index contributed by atoms with van der Waals surface area (Å²) in [5.74, 6) is -0.740. The van der Waals surface area contributed by atoms with Gasteiger partial charge in [0.05, 0.1) is 6.61 Å². The molecule has 1 amide bonds. The van der Waals surface area contributed by atoms with E-state index >= 15 is 0 Å². The highest BCUT2D eigenvalue weighted by Crippen LogP contribution is 2.13. The number of carbonyl (C=O) groups excluding carboxylic acids is 1. The smallest absolute Gasteiger partial charge is 0.312 e. The molecule has 5 nitrogen and oxygen atoms in total. The first-order chi connectivity index (χ1) is 8.52. The molecular weight excluding hydrogens is 234 g/mol. The predicted molar refractivity (Wildman–Crippen MR) is 66.3 cm³/mol. The van der Waals surface area contributed by atoms with Crippen LogP contribution in [0.5, 0.6) is 5.75 Å². The highest BCUT2D eigenvalue weighted by molar-refractivity contribution is 5.93. The lowest BCUT2D eigenvalue weighted by Gasteiger charge is -2.16. The summed E-state index contributed by atoms with van der Waals surface area (Å²) >= 11 is 0. The molecule has 0 aliphatic carbocycles. The van der Waals surface area contributed by atoms with Crippen molar-refractivity contribution in [3.63, 3.8) is 0 Å². The van der Waals surface area contributed by atoms with E-state index in [1.165, 1.54) is 4.90 Å². The standard InChI is InChI=1S/C13H17NO4/c1-3-18-11-6-4-10(5-7-11)9-14(2)12(15)8-13(16)17/h4-7H,3,8-9H2,1-2H3,(H,16,17). The molecule has 0 heterocycles. The average Bonchev–Trinajstić information content (AvgIpc) is 2.31. The minimum absolute atomic E-state index is 0.387. The van der Waals surface area contributed by atoms with Crippen LogP contribution in [0.2, 0.25) is 0 Å². The summed E-state index contributed by atoms with van der Waals surface area (Å²) in [6.45, 7) is 2.90. The largest absolute Gasteiger partial charge is 0.494 e. The number of benzene rings is 1. The minimum atomic E-state index is -1.11. The number of amides is 1. The van der Waals surface area contributed by atoms with Gasteiger partial charge in [-0.05, 0) is 24.6 Å². The van der Waals surface area contributed by atoms with Gasteiger partial charge in [-0.2, -0.15) is 0 Å². The van der Waals surface area contributed by atoms with Gasteiger partial charge in [-0.15, -0.1) is 0 Å². The van der Waals surface area contributed by atoms with Crippen molar-refractivity contribution in [3.8, 4) is 5.75 Å². The maximum Gasteiger partial charge on any atom is 0.312 e. The van der Waals surface area contributed by atoms with Gasteiger partial charge in [-0.3, -0.25) is 9.59 Å². The van der Waals surface area contributed by atoms with Crippen molar-refractivity contribution in [1.82, 2.24) is 4.90 Å². The molecule has 1 N–H and O–H groups in total. The molecule has 5 heteroatoms. The van der Waals surface area contributed by atoms with Crippen molar-refractivity contribution in [2.45, 2.75) is 19.9 Å². The summed E-state index contributed by atoms with van der Waals surface area (Å²) in [5, 5.41) is 8.53. The number of aliphatic carboxylic acids is 1. The molecule has 1 aromatic carbocycles. The van der Waals surface area contributed by atoms with E-state index in [0.29, 0.717) is 13.2 Å². The van der Waals surface area contributed by atoms with E-state index in [1.54, 1.807) is 7.05 Å². The van der Waals surface area contributed by atoms with Gasteiger partial charge in [0.2, 0.25) is 5.91 Å². The van der Waals surface area contributed by atoms with Crippen LogP contribution in [0.15, 0.2) is 24.3 Å². The monoisotopic (exact) mass is 251 g/mol. The van der Waals surface area contributed by atoms with E-state index in [4.69, 9.17) is 9.84 Å². The maximum atomic E-state index is 11.4. The first-order valence-corrected chi connectivity index (χ1v) is 5.70. The van der Waals surface area contributed by atoms with Crippen LogP contribution >= 0.6 is 0 Å². The minimum Gasteiger partial charge on any atom is -0.494 e. The Bertz CT molecular complexity index is 414. The van der Waals surface area contributed by atoms with Crippen molar-refractivity contribution < 1.29 is 19.4 Å². The van der Waals surface area contributed by atoms with Gasteiger partial charge in [-0.1, -0.05) is 12.1 Å². The number of carboxylic acids is 1. The van der Waals surface area contributed by atoms with Crippen LogP contribution in [0.4, 0.5) is 0 Å². The lowest BCUT2D eigenvalue weighted by Crippen LogP contribution is -2.27.